The highest BCUT2D eigenvalue weighted by atomic mass is 16.6. The lowest BCUT2D eigenvalue weighted by atomic mass is 10.2. The summed E-state index contributed by atoms with van der Waals surface area (Å²) in [5, 5.41) is 3.25. The molecule has 2 aliphatic rings. The summed E-state index contributed by atoms with van der Waals surface area (Å²) in [5.74, 6) is 2.19. The number of anilines is 2. The van der Waals surface area contributed by atoms with Gasteiger partial charge in [-0.3, -0.25) is 4.79 Å². The van der Waals surface area contributed by atoms with E-state index in [-0.39, 0.29) is 5.91 Å². The van der Waals surface area contributed by atoms with Crippen LogP contribution in [0.4, 0.5) is 11.5 Å². The third-order valence-electron chi connectivity index (χ3n) is 4.71. The summed E-state index contributed by atoms with van der Waals surface area (Å²) in [6.07, 6.45) is 6.25. The zero-order valence-electron chi connectivity index (χ0n) is 14.7. The minimum atomic E-state index is 0.0829. The first-order valence-electron chi connectivity index (χ1n) is 9.21. The predicted molar refractivity (Wildman–Crippen MR) is 99.3 cm³/mol. The maximum absolute atomic E-state index is 12.8. The Balaban J connectivity index is 1.49. The molecule has 0 spiro atoms. The number of carbonyl (C=O) groups excluding carboxylic acids is 1. The average molecular weight is 353 g/mol. The number of amides is 1. The Morgan fingerprint density at radius 2 is 1.73 bits per heavy atom. The van der Waals surface area contributed by atoms with E-state index in [1.165, 1.54) is 12.8 Å². The van der Waals surface area contributed by atoms with Crippen molar-refractivity contribution >= 4 is 17.4 Å². The van der Waals surface area contributed by atoms with Crippen LogP contribution in [0.3, 0.4) is 0 Å². The molecule has 1 saturated heterocycles. The Hall–Kier alpha value is -2.76. The molecule has 4 rings (SSSR count). The van der Waals surface area contributed by atoms with Crippen LogP contribution in [0.25, 0.3) is 0 Å². The van der Waals surface area contributed by atoms with E-state index in [1.807, 2.05) is 29.2 Å². The van der Waals surface area contributed by atoms with Gasteiger partial charge >= 0.3 is 0 Å². The monoisotopic (exact) mass is 353 g/mol. The Labute approximate surface area is 153 Å². The highest BCUT2D eigenvalue weighted by Crippen LogP contribution is 2.33. The van der Waals surface area contributed by atoms with Crippen LogP contribution >= 0.6 is 0 Å². The highest BCUT2D eigenvalue weighted by Gasteiger charge is 2.18. The van der Waals surface area contributed by atoms with Gasteiger partial charge in [0.25, 0.3) is 5.91 Å². The van der Waals surface area contributed by atoms with Crippen molar-refractivity contribution in [3.05, 3.63) is 42.1 Å². The van der Waals surface area contributed by atoms with Crippen LogP contribution < -0.4 is 14.8 Å². The fraction of sp³-hybridized carbons (Fsp3) is 0.400. The molecule has 1 aromatic carbocycles. The molecule has 1 fully saturated rings. The lowest BCUT2D eigenvalue weighted by Crippen LogP contribution is -2.31. The van der Waals surface area contributed by atoms with Crippen LogP contribution in [-0.2, 0) is 0 Å². The molecule has 1 amide bonds. The summed E-state index contributed by atoms with van der Waals surface area (Å²) in [5.41, 5.74) is 1.52. The zero-order chi connectivity index (χ0) is 17.8. The van der Waals surface area contributed by atoms with E-state index in [2.05, 4.69) is 10.3 Å². The van der Waals surface area contributed by atoms with Crippen molar-refractivity contribution in [1.82, 2.24) is 9.88 Å². The second-order valence-corrected chi connectivity index (χ2v) is 6.62. The number of fused-ring (bicyclic) bond motifs is 1. The number of nitrogens with zero attached hydrogens (tertiary/aromatic N) is 2. The quantitative estimate of drug-likeness (QED) is 0.913. The molecule has 2 aromatic rings. The van der Waals surface area contributed by atoms with E-state index >= 15 is 0 Å². The van der Waals surface area contributed by atoms with Gasteiger partial charge in [0.2, 0.25) is 0 Å². The lowest BCUT2D eigenvalue weighted by Gasteiger charge is -2.21. The van der Waals surface area contributed by atoms with Crippen LogP contribution in [0.15, 0.2) is 36.5 Å². The summed E-state index contributed by atoms with van der Waals surface area (Å²) in [6.45, 7) is 2.80. The van der Waals surface area contributed by atoms with E-state index in [9.17, 15) is 4.79 Å². The van der Waals surface area contributed by atoms with Gasteiger partial charge in [-0.25, -0.2) is 4.98 Å². The van der Waals surface area contributed by atoms with E-state index in [0.29, 0.717) is 24.6 Å². The van der Waals surface area contributed by atoms with Gasteiger partial charge in [0.1, 0.15) is 19.0 Å². The Kier molecular flexibility index (Phi) is 4.91. The van der Waals surface area contributed by atoms with Crippen molar-refractivity contribution in [2.45, 2.75) is 25.7 Å². The van der Waals surface area contributed by atoms with Gasteiger partial charge in [-0.05, 0) is 37.1 Å². The number of hydrogen-bond acceptors (Lipinski definition) is 5. The minimum absolute atomic E-state index is 0.0829. The number of pyridine rings is 1. The molecular weight excluding hydrogens is 330 g/mol. The Morgan fingerprint density at radius 1 is 0.962 bits per heavy atom. The summed E-state index contributed by atoms with van der Waals surface area (Å²) in [4.78, 5) is 19.1. The number of rotatable bonds is 3. The third-order valence-corrected chi connectivity index (χ3v) is 4.71. The number of ether oxygens (including phenoxy) is 2. The number of likely N-dealkylation sites (tertiary alicyclic amines) is 1. The second kappa shape index (κ2) is 7.64. The maximum Gasteiger partial charge on any atom is 0.254 e. The summed E-state index contributed by atoms with van der Waals surface area (Å²) in [7, 11) is 0. The van der Waals surface area contributed by atoms with Crippen LogP contribution in [0.2, 0.25) is 0 Å². The first-order valence-corrected chi connectivity index (χ1v) is 9.21. The second-order valence-electron chi connectivity index (χ2n) is 6.62. The normalized spacial score (nSPS) is 16.7. The molecule has 2 aliphatic heterocycles. The van der Waals surface area contributed by atoms with Crippen molar-refractivity contribution in [3.8, 4) is 11.5 Å². The molecule has 0 atom stereocenters. The van der Waals surface area contributed by atoms with E-state index in [1.54, 1.807) is 12.3 Å². The van der Waals surface area contributed by atoms with Crippen LogP contribution in [0, 0.1) is 0 Å². The molecule has 0 saturated carbocycles. The van der Waals surface area contributed by atoms with Gasteiger partial charge in [-0.2, -0.15) is 0 Å². The fourth-order valence-corrected chi connectivity index (χ4v) is 3.36. The molecule has 0 aliphatic carbocycles. The molecule has 26 heavy (non-hydrogen) atoms. The number of benzene rings is 1. The molecule has 6 nitrogen and oxygen atoms in total. The first kappa shape index (κ1) is 16.7. The molecule has 0 radical (unpaired) electrons. The molecule has 0 bridgehead atoms. The van der Waals surface area contributed by atoms with E-state index in [4.69, 9.17) is 9.47 Å². The van der Waals surface area contributed by atoms with Crippen LogP contribution in [0.1, 0.15) is 36.0 Å². The molecule has 1 aromatic heterocycles. The fourth-order valence-electron chi connectivity index (χ4n) is 3.36. The number of nitrogens with one attached hydrogen (secondary N) is 1. The van der Waals surface area contributed by atoms with Crippen molar-refractivity contribution in [2.75, 3.05) is 31.6 Å². The zero-order valence-corrected chi connectivity index (χ0v) is 14.7. The molecular formula is C20H23N3O3. The maximum atomic E-state index is 12.8. The van der Waals surface area contributed by atoms with Gasteiger partial charge in [-0.15, -0.1) is 0 Å². The van der Waals surface area contributed by atoms with Crippen molar-refractivity contribution in [1.29, 1.82) is 0 Å². The molecule has 0 unspecified atom stereocenters. The minimum Gasteiger partial charge on any atom is -0.486 e. The topological polar surface area (TPSA) is 63.7 Å². The van der Waals surface area contributed by atoms with Crippen LogP contribution in [0.5, 0.6) is 11.5 Å². The van der Waals surface area contributed by atoms with Gasteiger partial charge in [0, 0.05) is 36.6 Å². The van der Waals surface area contributed by atoms with Crippen molar-refractivity contribution < 1.29 is 14.3 Å². The predicted octanol–water partition coefficient (Wildman–Crippen LogP) is 3.61. The van der Waals surface area contributed by atoms with Gasteiger partial charge < -0.3 is 19.7 Å². The standard InChI is InChI=1S/C20H23N3O3/c24-20(23-9-3-1-2-4-10-23)15-7-8-21-19(13-15)22-16-5-6-17-18(14-16)26-12-11-25-17/h5-8,13-14H,1-4,9-12H2,(H,21,22). The largest absolute Gasteiger partial charge is 0.486 e. The van der Waals surface area contributed by atoms with Crippen molar-refractivity contribution in [3.63, 3.8) is 0 Å². The Bertz CT molecular complexity index is 786. The highest BCUT2D eigenvalue weighted by molar-refractivity contribution is 5.95. The van der Waals surface area contributed by atoms with Gasteiger partial charge in [0.05, 0.1) is 0 Å². The van der Waals surface area contributed by atoms with Gasteiger partial charge in [-0.1, -0.05) is 12.8 Å². The summed E-state index contributed by atoms with van der Waals surface area (Å²) >= 11 is 0. The Morgan fingerprint density at radius 3 is 2.54 bits per heavy atom. The number of carbonyl (C=O) groups is 1. The molecule has 3 heterocycles. The summed E-state index contributed by atoms with van der Waals surface area (Å²) in [6, 6.07) is 9.27. The van der Waals surface area contributed by atoms with Crippen molar-refractivity contribution in [2.24, 2.45) is 0 Å². The SMILES string of the molecule is O=C(c1ccnc(Nc2ccc3c(c2)OCCO3)c1)N1CCCCCC1. The first-order chi connectivity index (χ1) is 12.8. The molecule has 1 N–H and O–H groups in total. The lowest BCUT2D eigenvalue weighted by molar-refractivity contribution is 0.0761. The van der Waals surface area contributed by atoms with E-state index < -0.39 is 0 Å². The summed E-state index contributed by atoms with van der Waals surface area (Å²) < 4.78 is 11.1. The molecule has 6 heteroatoms. The molecule has 136 valence electrons. The van der Waals surface area contributed by atoms with E-state index in [0.717, 1.165) is 43.1 Å². The number of aromatic nitrogens is 1. The number of hydrogen-bond donors (Lipinski definition) is 1. The third kappa shape index (κ3) is 3.74. The average Bonchev–Trinajstić information content (AvgIpc) is 2.97. The van der Waals surface area contributed by atoms with Crippen LogP contribution in [-0.4, -0.2) is 42.1 Å². The smallest absolute Gasteiger partial charge is 0.254 e. The van der Waals surface area contributed by atoms with Gasteiger partial charge in [0.15, 0.2) is 11.5 Å².